The highest BCUT2D eigenvalue weighted by molar-refractivity contribution is 6.19. The van der Waals surface area contributed by atoms with Crippen molar-refractivity contribution in [2.45, 2.75) is 0 Å². The number of nitrogens with zero attached hydrogens (tertiary/aromatic N) is 6. The molecule has 57 heavy (non-hydrogen) atoms. The van der Waals surface area contributed by atoms with Gasteiger partial charge in [0.1, 0.15) is 0 Å². The smallest absolute Gasteiger partial charge is 0.238 e. The van der Waals surface area contributed by atoms with E-state index in [9.17, 15) is 12.3 Å². The fourth-order valence-electron chi connectivity index (χ4n) is 6.74. The molecule has 0 aliphatic rings. The molecule has 0 radical (unpaired) electrons. The van der Waals surface area contributed by atoms with E-state index < -0.39 is 299 Å². The van der Waals surface area contributed by atoms with Crippen molar-refractivity contribution in [1.82, 2.24) is 28.7 Å². The topological polar surface area (TPSA) is 53.5 Å². The third-order valence-corrected chi connectivity index (χ3v) is 9.04. The van der Waals surface area contributed by atoms with Gasteiger partial charge in [-0.1, -0.05) is 139 Å². The molecule has 12 rings (SSSR count). The molecule has 8 aromatic carbocycles. The maximum atomic E-state index is 10.5. The summed E-state index contributed by atoms with van der Waals surface area (Å²) in [4.78, 5) is 13.2. The Bertz CT molecular complexity index is 5240. The molecular weight excluding hydrogens is 697 g/mol. The predicted octanol–water partition coefficient (Wildman–Crippen LogP) is 12.5. The van der Waals surface area contributed by atoms with Crippen LogP contribution in [0.25, 0.3) is 106 Å². The Morgan fingerprint density at radius 3 is 1.30 bits per heavy atom. The number of hydrogen-bond donors (Lipinski definition) is 0. The standard InChI is InChI=1S/C51H32N6/c1-4-16-33(17-5-1)49-52-50(34-18-6-2-7-19-34)54-51(53-49)57-45-27-15-12-24-39(45)42-31-41-38-23-11-14-26-44(38)56(47(41)32-48(42)57)36-28-29-40-37-22-10-13-25-43(37)55(46(40)30-36)35-20-8-3-9-21-35/h1-32H/i1D,2D,3D,4D,5D,6D,7D,8D,9D,10D,11D,12D,13D,14D,15D,16D,17D,18D,19D,20D,21D,22D,23D,24D,25D,26D,27D,28D,29D,30D,31D,32D. The molecule has 0 saturated carbocycles. The Kier molecular flexibility index (Phi) is 2.91. The Morgan fingerprint density at radius 1 is 0.298 bits per heavy atom. The molecule has 266 valence electrons. The number of para-hydroxylation sites is 4. The van der Waals surface area contributed by atoms with Gasteiger partial charge in [-0.05, 0) is 54.4 Å². The molecule has 6 heteroatoms. The summed E-state index contributed by atoms with van der Waals surface area (Å²) in [6.45, 7) is 0. The van der Waals surface area contributed by atoms with Gasteiger partial charge in [-0.3, -0.25) is 4.57 Å². The van der Waals surface area contributed by atoms with E-state index in [-0.39, 0.29) is 0 Å². The van der Waals surface area contributed by atoms with Gasteiger partial charge in [0.05, 0.1) is 77.0 Å². The fraction of sp³-hybridized carbons (Fsp3) is 0. The molecule has 0 fully saturated rings. The zero-order valence-corrected chi connectivity index (χ0v) is 28.2. The molecule has 0 saturated heterocycles. The first kappa shape index (κ1) is 13.4. The quantitative estimate of drug-likeness (QED) is 0.176. The van der Waals surface area contributed by atoms with E-state index in [0.717, 1.165) is 0 Å². The fourth-order valence-corrected chi connectivity index (χ4v) is 6.74. The van der Waals surface area contributed by atoms with Gasteiger partial charge in [0.2, 0.25) is 5.95 Å². The molecule has 0 aliphatic carbocycles. The van der Waals surface area contributed by atoms with E-state index in [4.69, 9.17) is 31.5 Å². The van der Waals surface area contributed by atoms with Crippen molar-refractivity contribution in [3.63, 3.8) is 0 Å². The summed E-state index contributed by atoms with van der Waals surface area (Å²) >= 11 is 0. The summed E-state index contributed by atoms with van der Waals surface area (Å²) in [5, 5.41) is -3.76. The highest BCUT2D eigenvalue weighted by atomic mass is 15.2. The Morgan fingerprint density at radius 2 is 0.719 bits per heavy atom. The van der Waals surface area contributed by atoms with Crippen molar-refractivity contribution in [3.05, 3.63) is 193 Å². The van der Waals surface area contributed by atoms with Crippen molar-refractivity contribution in [1.29, 1.82) is 0 Å². The average Bonchev–Trinajstić information content (AvgIpc) is 1.52. The van der Waals surface area contributed by atoms with Crippen LogP contribution < -0.4 is 0 Å². The highest BCUT2D eigenvalue weighted by Crippen LogP contribution is 2.41. The summed E-state index contributed by atoms with van der Waals surface area (Å²) < 4.78 is 292. The molecule has 0 aliphatic heterocycles. The molecule has 12 aromatic rings. The van der Waals surface area contributed by atoms with Gasteiger partial charge in [0.25, 0.3) is 0 Å². The van der Waals surface area contributed by atoms with Crippen LogP contribution in [0.3, 0.4) is 0 Å². The maximum Gasteiger partial charge on any atom is 0.238 e. The van der Waals surface area contributed by atoms with Crippen LogP contribution in [-0.4, -0.2) is 28.7 Å². The molecule has 0 unspecified atom stereocenters. The van der Waals surface area contributed by atoms with Crippen LogP contribution in [0.4, 0.5) is 0 Å². The largest absolute Gasteiger partial charge is 0.309 e. The molecule has 0 amide bonds. The number of fused-ring (bicyclic) bond motifs is 9. The molecule has 4 aromatic heterocycles. The summed E-state index contributed by atoms with van der Waals surface area (Å²) in [5.74, 6) is -2.76. The van der Waals surface area contributed by atoms with Crippen molar-refractivity contribution >= 4 is 65.4 Å². The minimum Gasteiger partial charge on any atom is -0.309 e. The first-order chi connectivity index (χ1) is 41.6. The number of rotatable bonds is 5. The third-order valence-electron chi connectivity index (χ3n) is 9.04. The van der Waals surface area contributed by atoms with E-state index in [0.29, 0.717) is 13.7 Å². The van der Waals surface area contributed by atoms with Crippen LogP contribution in [0.2, 0.25) is 0 Å². The zero-order chi connectivity index (χ0) is 65.3. The van der Waals surface area contributed by atoms with Gasteiger partial charge >= 0.3 is 0 Å². The molecule has 0 spiro atoms. The lowest BCUT2D eigenvalue weighted by atomic mass is 10.1. The second-order valence-electron chi connectivity index (χ2n) is 12.1. The highest BCUT2D eigenvalue weighted by Gasteiger charge is 2.22. The Hall–Kier alpha value is -7.83. The van der Waals surface area contributed by atoms with E-state index in [1.165, 1.54) is 0 Å². The van der Waals surface area contributed by atoms with Gasteiger partial charge in [0.15, 0.2) is 11.6 Å². The van der Waals surface area contributed by atoms with Gasteiger partial charge in [-0.15, -0.1) is 0 Å². The maximum absolute atomic E-state index is 10.5. The SMILES string of the molecule is [2H]c1c([2H])c([2H])c(-c2nc(-c3c([2H])c([2H])c([2H])c([2H])c3[2H])nc(-n3c4c([2H])c([2H])c([2H])c([2H])c4c4c([2H])c5c6c([2H])c([2H])c([2H])c([2H])c6n(-c6c([2H])c([2H])c7c8c([2H])c([2H])c([2H])c([2H])c8n(-c8c([2H])c([2H])c([2H])c([2H])c8[2H])c7c6[2H])c5c([2H])c43)n2)c([2H])c1[2H]. The normalized spacial score (nSPS) is 19.7. The Labute approximate surface area is 372 Å². The van der Waals surface area contributed by atoms with Crippen molar-refractivity contribution in [3.8, 4) is 40.1 Å². The van der Waals surface area contributed by atoms with Gasteiger partial charge in [0, 0.05) is 54.8 Å². The number of benzene rings is 8. The Balaban J connectivity index is 1.38. The molecule has 6 nitrogen and oxygen atoms in total. The molecule has 0 atom stereocenters. The summed E-state index contributed by atoms with van der Waals surface area (Å²) in [6.07, 6.45) is 0. The number of hydrogen-bond acceptors (Lipinski definition) is 3. The van der Waals surface area contributed by atoms with Crippen molar-refractivity contribution < 1.29 is 43.9 Å². The lowest BCUT2D eigenvalue weighted by Crippen LogP contribution is -2.06. The van der Waals surface area contributed by atoms with Gasteiger partial charge < -0.3 is 9.13 Å². The third kappa shape index (κ3) is 4.81. The lowest BCUT2D eigenvalue weighted by molar-refractivity contribution is 0.953. The van der Waals surface area contributed by atoms with Crippen molar-refractivity contribution in [2.75, 3.05) is 0 Å². The van der Waals surface area contributed by atoms with Gasteiger partial charge in [-0.2, -0.15) is 9.97 Å². The van der Waals surface area contributed by atoms with Crippen LogP contribution in [0.1, 0.15) is 43.9 Å². The van der Waals surface area contributed by atoms with Crippen LogP contribution in [0.15, 0.2) is 193 Å². The monoisotopic (exact) mass is 760 g/mol. The van der Waals surface area contributed by atoms with E-state index in [1.807, 2.05) is 0 Å². The number of aromatic nitrogens is 6. The zero-order valence-electron chi connectivity index (χ0n) is 60.2. The summed E-state index contributed by atoms with van der Waals surface area (Å²) in [5.41, 5.74) is -7.76. The van der Waals surface area contributed by atoms with Crippen LogP contribution in [0.5, 0.6) is 0 Å². The van der Waals surface area contributed by atoms with Crippen LogP contribution in [0, 0.1) is 0 Å². The van der Waals surface area contributed by atoms with E-state index >= 15 is 0 Å². The molecule has 0 N–H and O–H groups in total. The van der Waals surface area contributed by atoms with Crippen molar-refractivity contribution in [2.24, 2.45) is 0 Å². The van der Waals surface area contributed by atoms with Gasteiger partial charge in [-0.25, -0.2) is 4.98 Å². The first-order valence-electron chi connectivity index (χ1n) is 32.6. The average molecular weight is 761 g/mol. The predicted molar refractivity (Wildman–Crippen MR) is 234 cm³/mol. The molecular formula is C51H32N6. The first-order valence-corrected chi connectivity index (χ1v) is 16.6. The van der Waals surface area contributed by atoms with E-state index in [1.54, 1.807) is 0 Å². The van der Waals surface area contributed by atoms with Crippen LogP contribution >= 0.6 is 0 Å². The van der Waals surface area contributed by atoms with E-state index in [2.05, 4.69) is 15.0 Å². The summed E-state index contributed by atoms with van der Waals surface area (Å²) in [7, 11) is 0. The second kappa shape index (κ2) is 12.3. The molecule has 0 bridgehead atoms. The minimum absolute atomic E-state index is 0.579. The lowest BCUT2D eigenvalue weighted by Gasteiger charge is -2.12. The summed E-state index contributed by atoms with van der Waals surface area (Å²) in [6, 6.07) is -30.6. The minimum atomic E-state index is -1.09. The molecule has 4 heterocycles. The van der Waals surface area contributed by atoms with Crippen LogP contribution in [-0.2, 0) is 0 Å². The second-order valence-corrected chi connectivity index (χ2v) is 12.1.